The van der Waals surface area contributed by atoms with Crippen LogP contribution in [0.2, 0.25) is 0 Å². The monoisotopic (exact) mass is 319 g/mol. The number of aromatic amines is 1. The number of ketones is 1. The molecule has 0 spiro atoms. The Kier molecular flexibility index (Phi) is 4.68. The Morgan fingerprint density at radius 2 is 2.23 bits per heavy atom. The second kappa shape index (κ2) is 6.49. The molecule has 0 aliphatic carbocycles. The summed E-state index contributed by atoms with van der Waals surface area (Å²) in [5.74, 6) is -2.70. The van der Waals surface area contributed by atoms with Gasteiger partial charge in [0, 0.05) is 6.92 Å². The summed E-state index contributed by atoms with van der Waals surface area (Å²) in [4.78, 5) is 41.1. The molecule has 0 fully saturated rings. The van der Waals surface area contributed by atoms with E-state index in [-0.39, 0.29) is 27.6 Å². The molecule has 0 aliphatic heterocycles. The average Bonchev–Trinajstić information content (AvgIpc) is 2.46. The number of halogens is 1. The van der Waals surface area contributed by atoms with Gasteiger partial charge >= 0.3 is 0 Å². The Labute approximate surface area is 128 Å². The molecule has 1 N–H and O–H groups in total. The van der Waals surface area contributed by atoms with Gasteiger partial charge in [-0.15, -0.1) is 0 Å². The predicted octanol–water partition coefficient (Wildman–Crippen LogP) is 1.52. The molecule has 2 aromatic rings. The first kappa shape index (κ1) is 15.9. The van der Waals surface area contributed by atoms with Crippen molar-refractivity contribution >= 4 is 33.6 Å². The van der Waals surface area contributed by atoms with Gasteiger partial charge in [-0.2, -0.15) is 5.26 Å². The standard InChI is InChI=1S/C14H10FN3O3S/c1-7(19)22-6-12(20)10(5-16)13-17-11-3-2-8(15)4-9(11)14(21)18-13/h2-4,10H,6H2,1H3,(H,17,18,21). The van der Waals surface area contributed by atoms with Gasteiger partial charge in [0.25, 0.3) is 5.56 Å². The highest BCUT2D eigenvalue weighted by Gasteiger charge is 2.23. The zero-order chi connectivity index (χ0) is 16.3. The highest BCUT2D eigenvalue weighted by molar-refractivity contribution is 8.14. The lowest BCUT2D eigenvalue weighted by molar-refractivity contribution is -0.117. The zero-order valence-electron chi connectivity index (χ0n) is 11.4. The smallest absolute Gasteiger partial charge is 0.258 e. The summed E-state index contributed by atoms with van der Waals surface area (Å²) >= 11 is 0.779. The number of thioether (sulfide) groups is 1. The summed E-state index contributed by atoms with van der Waals surface area (Å²) in [5.41, 5.74) is -0.445. The van der Waals surface area contributed by atoms with E-state index >= 15 is 0 Å². The van der Waals surface area contributed by atoms with Crippen LogP contribution in [0.4, 0.5) is 4.39 Å². The van der Waals surface area contributed by atoms with Gasteiger partial charge in [0.15, 0.2) is 16.8 Å². The average molecular weight is 319 g/mol. The van der Waals surface area contributed by atoms with Gasteiger partial charge in [0.1, 0.15) is 11.6 Å². The summed E-state index contributed by atoms with van der Waals surface area (Å²) in [7, 11) is 0. The summed E-state index contributed by atoms with van der Waals surface area (Å²) in [6.07, 6.45) is 0. The van der Waals surface area contributed by atoms with Crippen molar-refractivity contribution in [3.63, 3.8) is 0 Å². The first-order valence-electron chi connectivity index (χ1n) is 6.17. The molecule has 8 heteroatoms. The highest BCUT2D eigenvalue weighted by Crippen LogP contribution is 2.17. The van der Waals surface area contributed by atoms with Crippen LogP contribution in [0.1, 0.15) is 18.7 Å². The van der Waals surface area contributed by atoms with E-state index < -0.39 is 23.1 Å². The lowest BCUT2D eigenvalue weighted by Gasteiger charge is -2.08. The van der Waals surface area contributed by atoms with Crippen LogP contribution in [-0.4, -0.2) is 26.6 Å². The molecule has 1 unspecified atom stereocenters. The van der Waals surface area contributed by atoms with Gasteiger partial charge in [-0.05, 0) is 18.2 Å². The van der Waals surface area contributed by atoms with Crippen LogP contribution in [-0.2, 0) is 9.59 Å². The molecule has 0 saturated heterocycles. The van der Waals surface area contributed by atoms with Crippen LogP contribution in [0.5, 0.6) is 0 Å². The number of nitrogens with one attached hydrogen (secondary N) is 1. The van der Waals surface area contributed by atoms with Gasteiger partial charge in [-0.25, -0.2) is 9.37 Å². The SMILES string of the molecule is CC(=O)SCC(=O)C(C#N)c1nc2ccc(F)cc2c(=O)[nH]1. The molecular weight excluding hydrogens is 309 g/mol. The van der Waals surface area contributed by atoms with Gasteiger partial charge in [0.2, 0.25) is 0 Å². The fourth-order valence-corrected chi connectivity index (χ4v) is 2.32. The summed E-state index contributed by atoms with van der Waals surface area (Å²) < 4.78 is 13.1. The topological polar surface area (TPSA) is 104 Å². The number of hydrogen-bond acceptors (Lipinski definition) is 6. The number of aromatic nitrogens is 2. The van der Waals surface area contributed by atoms with E-state index in [1.807, 2.05) is 0 Å². The normalized spacial score (nSPS) is 11.9. The van der Waals surface area contributed by atoms with E-state index in [0.717, 1.165) is 23.9 Å². The van der Waals surface area contributed by atoms with Gasteiger partial charge in [-0.3, -0.25) is 14.4 Å². The second-order valence-corrected chi connectivity index (χ2v) is 5.57. The highest BCUT2D eigenvalue weighted by atomic mass is 32.2. The maximum atomic E-state index is 13.1. The van der Waals surface area contributed by atoms with Gasteiger partial charge in [-0.1, -0.05) is 11.8 Å². The molecule has 112 valence electrons. The van der Waals surface area contributed by atoms with Gasteiger partial charge < -0.3 is 4.98 Å². The maximum absolute atomic E-state index is 13.1. The number of nitriles is 1. The van der Waals surface area contributed by atoms with Crippen LogP contribution < -0.4 is 5.56 Å². The molecule has 0 radical (unpaired) electrons. The molecule has 0 amide bonds. The molecular formula is C14H10FN3O3S. The van der Waals surface area contributed by atoms with Crippen molar-refractivity contribution in [2.24, 2.45) is 0 Å². The van der Waals surface area contributed by atoms with Crippen molar-refractivity contribution in [2.75, 3.05) is 5.75 Å². The lowest BCUT2D eigenvalue weighted by Crippen LogP contribution is -2.21. The summed E-state index contributed by atoms with van der Waals surface area (Å²) in [6.45, 7) is 1.31. The van der Waals surface area contributed by atoms with Crippen LogP contribution in [0.3, 0.4) is 0 Å². The number of H-pyrrole nitrogens is 1. The first-order chi connectivity index (χ1) is 10.4. The quantitative estimate of drug-likeness (QED) is 0.916. The fourth-order valence-electron chi connectivity index (χ4n) is 1.81. The number of benzene rings is 1. The number of hydrogen-bond donors (Lipinski definition) is 1. The first-order valence-corrected chi connectivity index (χ1v) is 7.16. The molecule has 1 atom stereocenters. The number of nitrogens with zero attached hydrogens (tertiary/aromatic N) is 2. The molecule has 1 aromatic carbocycles. The van der Waals surface area contributed by atoms with Crippen molar-refractivity contribution in [3.05, 3.63) is 40.2 Å². The predicted molar refractivity (Wildman–Crippen MR) is 78.8 cm³/mol. The summed E-state index contributed by atoms with van der Waals surface area (Å²) in [5, 5.41) is 8.92. The van der Waals surface area contributed by atoms with Crippen molar-refractivity contribution in [1.82, 2.24) is 9.97 Å². The van der Waals surface area contributed by atoms with Crippen molar-refractivity contribution in [1.29, 1.82) is 5.26 Å². The Bertz CT molecular complexity index is 857. The Morgan fingerprint density at radius 3 is 2.86 bits per heavy atom. The van der Waals surface area contributed by atoms with Crippen LogP contribution in [0, 0.1) is 17.1 Å². The van der Waals surface area contributed by atoms with E-state index in [1.165, 1.54) is 13.0 Å². The molecule has 6 nitrogen and oxygen atoms in total. The lowest BCUT2D eigenvalue weighted by atomic mass is 10.1. The third-order valence-corrected chi connectivity index (χ3v) is 3.66. The summed E-state index contributed by atoms with van der Waals surface area (Å²) in [6, 6.07) is 5.22. The molecule has 1 heterocycles. The van der Waals surface area contributed by atoms with Crippen LogP contribution in [0.25, 0.3) is 10.9 Å². The Balaban J connectivity index is 2.42. The van der Waals surface area contributed by atoms with E-state index in [2.05, 4.69) is 9.97 Å². The van der Waals surface area contributed by atoms with Crippen molar-refractivity contribution in [3.8, 4) is 6.07 Å². The molecule has 0 aliphatic rings. The van der Waals surface area contributed by atoms with Gasteiger partial charge in [0.05, 0.1) is 22.7 Å². The van der Waals surface area contributed by atoms with E-state index in [0.29, 0.717) is 0 Å². The van der Waals surface area contributed by atoms with Crippen molar-refractivity contribution in [2.45, 2.75) is 12.8 Å². The number of rotatable bonds is 4. The minimum atomic E-state index is -1.28. The third kappa shape index (κ3) is 3.38. The minimum absolute atomic E-state index is 0.0333. The number of Topliss-reactive ketones (excluding diaryl/α,β-unsaturated/α-hetero) is 1. The largest absolute Gasteiger partial charge is 0.308 e. The maximum Gasteiger partial charge on any atom is 0.258 e. The molecule has 2 rings (SSSR count). The fraction of sp³-hybridized carbons (Fsp3) is 0.214. The molecule has 1 aromatic heterocycles. The second-order valence-electron chi connectivity index (χ2n) is 4.42. The zero-order valence-corrected chi connectivity index (χ0v) is 12.2. The van der Waals surface area contributed by atoms with Crippen LogP contribution >= 0.6 is 11.8 Å². The third-order valence-electron chi connectivity index (χ3n) is 2.83. The van der Waals surface area contributed by atoms with E-state index in [9.17, 15) is 18.8 Å². The van der Waals surface area contributed by atoms with Crippen LogP contribution in [0.15, 0.2) is 23.0 Å². The molecule has 0 saturated carbocycles. The molecule has 22 heavy (non-hydrogen) atoms. The molecule has 0 bridgehead atoms. The van der Waals surface area contributed by atoms with E-state index in [1.54, 1.807) is 6.07 Å². The minimum Gasteiger partial charge on any atom is -0.308 e. The Morgan fingerprint density at radius 1 is 1.50 bits per heavy atom. The van der Waals surface area contributed by atoms with E-state index in [4.69, 9.17) is 5.26 Å². The number of fused-ring (bicyclic) bond motifs is 1. The number of carbonyl (C=O) groups is 2. The Hall–Kier alpha value is -2.53. The number of carbonyl (C=O) groups excluding carboxylic acids is 2. The van der Waals surface area contributed by atoms with Crippen molar-refractivity contribution < 1.29 is 14.0 Å².